The van der Waals surface area contributed by atoms with E-state index in [2.05, 4.69) is 96.2 Å². The van der Waals surface area contributed by atoms with E-state index in [-0.39, 0.29) is 0 Å². The van der Waals surface area contributed by atoms with E-state index in [1.54, 1.807) is 14.7 Å². The molecule has 3 aliphatic heterocycles. The molecule has 3 aliphatic rings. The Balaban J connectivity index is 0.000000197. The molecule has 4 N–H and O–H groups in total. The Hall–Kier alpha value is -4.30. The van der Waals surface area contributed by atoms with Gasteiger partial charge in [0.2, 0.25) is 0 Å². The number of carboxylic acids is 3. The first-order valence-electron chi connectivity index (χ1n) is 19.4. The molecule has 6 atom stereocenters. The molecule has 0 saturated carbocycles. The first-order chi connectivity index (χ1) is 25.9. The Morgan fingerprint density at radius 2 is 0.855 bits per heavy atom. The summed E-state index contributed by atoms with van der Waals surface area (Å²) in [5, 5.41) is 38.9. The van der Waals surface area contributed by atoms with Gasteiger partial charge in [-0.25, -0.2) is 0 Å². The van der Waals surface area contributed by atoms with Crippen LogP contribution in [-0.2, 0) is 14.4 Å². The van der Waals surface area contributed by atoms with Gasteiger partial charge in [-0.15, -0.1) is 0 Å². The average molecular weight is 763 g/mol. The first kappa shape index (κ1) is 45.1. The number of likely N-dealkylation sites (tertiary alicyclic amines) is 3. The highest BCUT2D eigenvalue weighted by Gasteiger charge is 2.31. The maximum absolute atomic E-state index is 10.1. The van der Waals surface area contributed by atoms with Crippen molar-refractivity contribution in [3.8, 4) is 0 Å². The average Bonchev–Trinajstić information content (AvgIpc) is 3.86. The smallest absolute Gasteiger partial charge is 0.115 e. The minimum absolute atomic E-state index is 0.683. The zero-order valence-electron chi connectivity index (χ0n) is 34.2. The number of nitrogens with one attached hydrogen (secondary N) is 3. The number of nitrogens with zero attached hydrogens (tertiary/aromatic N) is 3. The maximum Gasteiger partial charge on any atom is 0.115 e. The van der Waals surface area contributed by atoms with E-state index in [1.807, 2.05) is 18.6 Å². The van der Waals surface area contributed by atoms with E-state index in [0.717, 1.165) is 0 Å². The predicted octanol–water partition coefficient (Wildman–Crippen LogP) is -2.11. The highest BCUT2D eigenvalue weighted by atomic mass is 16.4. The van der Waals surface area contributed by atoms with Crippen molar-refractivity contribution in [3.63, 3.8) is 0 Å². The van der Waals surface area contributed by atoms with Crippen LogP contribution in [0, 0.1) is 41.5 Å². The van der Waals surface area contributed by atoms with E-state index < -0.39 is 36.4 Å². The van der Waals surface area contributed by atoms with Crippen molar-refractivity contribution in [3.05, 3.63) is 87.3 Å². The van der Waals surface area contributed by atoms with Gasteiger partial charge in [-0.05, 0) is 74.9 Å². The molecule has 13 nitrogen and oxygen atoms in total. The van der Waals surface area contributed by atoms with Crippen LogP contribution in [0.5, 0.6) is 0 Å². The van der Waals surface area contributed by atoms with Gasteiger partial charge >= 0.3 is 0 Å². The molecule has 0 aromatic carbocycles. The second kappa shape index (κ2) is 20.6. The monoisotopic (exact) mass is 762 g/mol. The molecule has 0 spiro atoms. The molecule has 0 radical (unpaired) electrons. The number of carbonyl (C=O) groups is 3. The number of hydrogen-bond acceptors (Lipinski definition) is 10. The number of rotatable bonds is 8. The van der Waals surface area contributed by atoms with Crippen LogP contribution in [0.15, 0.2) is 37.2 Å². The lowest BCUT2D eigenvalue weighted by Gasteiger charge is -2.29. The van der Waals surface area contributed by atoms with E-state index in [1.165, 1.54) is 108 Å². The maximum atomic E-state index is 10.1. The van der Waals surface area contributed by atoms with Crippen molar-refractivity contribution in [2.45, 2.75) is 117 Å². The molecule has 0 amide bonds. The summed E-state index contributed by atoms with van der Waals surface area (Å²) in [6, 6.07) is 2.05. The number of hydrogen-bond donors (Lipinski definition) is 4. The molecular formula is C42H62N6O7. The zero-order valence-corrected chi connectivity index (χ0v) is 34.2. The van der Waals surface area contributed by atoms with Crippen molar-refractivity contribution in [2.75, 3.05) is 40.8 Å². The van der Waals surface area contributed by atoms with Crippen molar-refractivity contribution >= 4 is 17.9 Å². The topological polar surface area (TPSA) is 193 Å². The van der Waals surface area contributed by atoms with Gasteiger partial charge in [-0.1, -0.05) is 0 Å². The molecule has 6 rings (SSSR count). The minimum atomic E-state index is -2.97. The van der Waals surface area contributed by atoms with Crippen LogP contribution >= 0.6 is 0 Å². The van der Waals surface area contributed by atoms with Crippen molar-refractivity contribution in [1.82, 2.24) is 15.0 Å². The fourth-order valence-electron chi connectivity index (χ4n) is 7.97. The number of quaternary nitrogens is 3. The Labute approximate surface area is 326 Å². The van der Waals surface area contributed by atoms with Crippen LogP contribution in [0.25, 0.3) is 0 Å². The molecule has 302 valence electrons. The van der Waals surface area contributed by atoms with E-state index in [4.69, 9.17) is 5.11 Å². The number of pyridine rings is 3. The molecule has 3 saturated heterocycles. The second-order valence-corrected chi connectivity index (χ2v) is 15.8. The lowest BCUT2D eigenvalue weighted by Crippen LogP contribution is -3.07. The third-order valence-corrected chi connectivity index (χ3v) is 11.9. The van der Waals surface area contributed by atoms with Gasteiger partial charge < -0.3 is 49.5 Å². The quantitative estimate of drug-likeness (QED) is 0.198. The SMILES string of the molecule is Cc1cncc([C@@H]2CCC[NH+]2C)c1C.Cc1cncc([C@@H]2CCC[NH+]2C)c1C.Cc1cncc([C@@H]2CCC[NH+]2C)c1C.O=C([O-])CC(O)(CC(=O)[O-])C(=O)[O-]. The summed E-state index contributed by atoms with van der Waals surface area (Å²) < 4.78 is 0. The standard InChI is InChI=1S/3C12H18N2.C6H8O7/c3*1-9-7-13-8-11(10(9)2)12-5-4-6-14(12)3;7-3(8)1-6(13,5(11)12)2-4(9)10/h3*7-8,12H,4-6H2,1-3H3;13H,1-2H2,(H,7,8)(H,9,10)(H,11,12)/t3*12-;/m000./s1. The molecule has 0 bridgehead atoms. The predicted molar refractivity (Wildman–Crippen MR) is 202 cm³/mol. The molecule has 3 aromatic heterocycles. The van der Waals surface area contributed by atoms with Crippen LogP contribution in [0.4, 0.5) is 0 Å². The largest absolute Gasteiger partial charge is 0.550 e. The molecular weight excluding hydrogens is 700 g/mol. The van der Waals surface area contributed by atoms with Crippen LogP contribution in [0.1, 0.15) is 120 Å². The summed E-state index contributed by atoms with van der Waals surface area (Å²) in [6.45, 7) is 17.0. The summed E-state index contributed by atoms with van der Waals surface area (Å²) in [6.07, 6.45) is 17.3. The zero-order chi connectivity index (χ0) is 41.0. The Morgan fingerprint density at radius 1 is 0.582 bits per heavy atom. The van der Waals surface area contributed by atoms with Crippen molar-refractivity contribution in [2.24, 2.45) is 0 Å². The van der Waals surface area contributed by atoms with E-state index in [0.29, 0.717) is 18.1 Å². The van der Waals surface area contributed by atoms with Gasteiger partial charge in [-0.2, -0.15) is 0 Å². The normalized spacial score (nSPS) is 23.0. The van der Waals surface area contributed by atoms with Gasteiger partial charge in [0.15, 0.2) is 0 Å². The summed E-state index contributed by atoms with van der Waals surface area (Å²) >= 11 is 0. The number of carboxylic acid groups (broad SMARTS) is 3. The van der Waals surface area contributed by atoms with E-state index >= 15 is 0 Å². The molecule has 0 aliphatic carbocycles. The second-order valence-electron chi connectivity index (χ2n) is 15.8. The van der Waals surface area contributed by atoms with E-state index in [9.17, 15) is 29.7 Å². The van der Waals surface area contributed by atoms with Gasteiger partial charge in [-0.3, -0.25) is 15.0 Å². The van der Waals surface area contributed by atoms with Crippen molar-refractivity contribution < 1.29 is 49.5 Å². The lowest BCUT2D eigenvalue weighted by molar-refractivity contribution is -0.898. The highest BCUT2D eigenvalue weighted by molar-refractivity contribution is 5.86. The van der Waals surface area contributed by atoms with Gasteiger partial charge in [0.25, 0.3) is 0 Å². The summed E-state index contributed by atoms with van der Waals surface area (Å²) in [7, 11) is 6.87. The molecule has 55 heavy (non-hydrogen) atoms. The van der Waals surface area contributed by atoms with Gasteiger partial charge in [0.05, 0.1) is 46.7 Å². The number of aliphatic hydroxyl groups is 1. The summed E-state index contributed by atoms with van der Waals surface area (Å²) in [5.41, 5.74) is 9.67. The Kier molecular flexibility index (Phi) is 16.9. The van der Waals surface area contributed by atoms with Gasteiger partial charge in [0.1, 0.15) is 23.7 Å². The number of aliphatic carboxylic acids is 3. The Morgan fingerprint density at radius 3 is 1.05 bits per heavy atom. The number of aromatic nitrogens is 3. The number of carbonyl (C=O) groups excluding carboxylic acids is 3. The lowest BCUT2D eigenvalue weighted by atomic mass is 9.96. The molecule has 6 heterocycles. The van der Waals surface area contributed by atoms with Crippen LogP contribution < -0.4 is 30.0 Å². The molecule has 3 fully saturated rings. The Bertz CT molecular complexity index is 1590. The minimum Gasteiger partial charge on any atom is -0.550 e. The third-order valence-electron chi connectivity index (χ3n) is 11.9. The molecule has 13 heteroatoms. The fourth-order valence-corrected chi connectivity index (χ4v) is 7.97. The first-order valence-corrected chi connectivity index (χ1v) is 19.4. The van der Waals surface area contributed by atoms with Crippen LogP contribution in [-0.4, -0.2) is 84.3 Å². The third kappa shape index (κ3) is 12.3. The van der Waals surface area contributed by atoms with Gasteiger partial charge in [0, 0.05) is 117 Å². The highest BCUT2D eigenvalue weighted by Crippen LogP contribution is 2.25. The van der Waals surface area contributed by atoms with Crippen LogP contribution in [0.2, 0.25) is 0 Å². The van der Waals surface area contributed by atoms with Crippen LogP contribution in [0.3, 0.4) is 0 Å². The molecule has 3 aromatic rings. The summed E-state index contributed by atoms with van der Waals surface area (Å²) in [4.78, 5) is 47.8. The fraction of sp³-hybridized carbons (Fsp3) is 0.571. The number of aryl methyl sites for hydroxylation is 3. The molecule has 3 unspecified atom stereocenters. The summed E-state index contributed by atoms with van der Waals surface area (Å²) in [5.74, 6) is -5.98. The van der Waals surface area contributed by atoms with Crippen molar-refractivity contribution in [1.29, 1.82) is 0 Å².